The van der Waals surface area contributed by atoms with E-state index in [-0.39, 0.29) is 5.91 Å². The van der Waals surface area contributed by atoms with Gasteiger partial charge in [0.15, 0.2) is 0 Å². The van der Waals surface area contributed by atoms with E-state index in [1.54, 1.807) is 12.2 Å². The van der Waals surface area contributed by atoms with Crippen LogP contribution in [0.1, 0.15) is 11.4 Å². The number of nitrogens with one attached hydrogen (secondary N) is 1. The van der Waals surface area contributed by atoms with Gasteiger partial charge in [-0.15, -0.1) is 0 Å². The van der Waals surface area contributed by atoms with Gasteiger partial charge in [0, 0.05) is 6.08 Å². The number of hydrogen-bond donors (Lipinski definition) is 1. The summed E-state index contributed by atoms with van der Waals surface area (Å²) in [6, 6.07) is 27.4. The zero-order valence-corrected chi connectivity index (χ0v) is 16.6. The van der Waals surface area contributed by atoms with Crippen molar-refractivity contribution in [3.05, 3.63) is 102 Å². The normalized spacial score (nSPS) is 11.1. The van der Waals surface area contributed by atoms with E-state index in [0.717, 1.165) is 28.2 Å². The van der Waals surface area contributed by atoms with Gasteiger partial charge in [-0.05, 0) is 35.9 Å². The Morgan fingerprint density at radius 2 is 1.63 bits per heavy atom. The molecule has 4 aromatic rings. The molecule has 1 N–H and O–H groups in total. The van der Waals surface area contributed by atoms with Crippen molar-refractivity contribution in [2.24, 2.45) is 0 Å². The molecule has 3 aromatic carbocycles. The molecule has 0 saturated carbocycles. The largest absolute Gasteiger partial charge is 0.492 e. The molecule has 0 spiro atoms. The first-order valence-electron chi connectivity index (χ1n) is 9.92. The quantitative estimate of drug-likeness (QED) is 0.447. The third kappa shape index (κ3) is 4.94. The van der Waals surface area contributed by atoms with Gasteiger partial charge in [0.2, 0.25) is 5.91 Å². The number of nitrogens with zero attached hydrogens (tertiary/aromatic N) is 2. The second kappa shape index (κ2) is 9.56. The van der Waals surface area contributed by atoms with Crippen molar-refractivity contribution < 1.29 is 9.53 Å². The van der Waals surface area contributed by atoms with Crippen molar-refractivity contribution in [1.82, 2.24) is 14.9 Å². The third-order valence-electron chi connectivity index (χ3n) is 4.71. The number of ether oxygens (including phenoxy) is 1. The number of rotatable bonds is 8. The summed E-state index contributed by atoms with van der Waals surface area (Å²) in [6.45, 7) is 1.50. The molecule has 5 heteroatoms. The zero-order valence-electron chi connectivity index (χ0n) is 16.6. The van der Waals surface area contributed by atoms with Crippen LogP contribution in [-0.2, 0) is 17.9 Å². The SMILES string of the molecule is O=C(/C=C\c1ccccc1)NCc1nc2ccccc2n1CCOc1ccccc1. The molecular weight excluding hydrogens is 374 g/mol. The topological polar surface area (TPSA) is 56.2 Å². The fourth-order valence-electron chi connectivity index (χ4n) is 3.24. The van der Waals surface area contributed by atoms with Crippen LogP contribution in [0.4, 0.5) is 0 Å². The number of hydrogen-bond acceptors (Lipinski definition) is 3. The second-order valence-electron chi connectivity index (χ2n) is 6.79. The zero-order chi connectivity index (χ0) is 20.6. The number of carbonyl (C=O) groups excluding carboxylic acids is 1. The van der Waals surface area contributed by atoms with Crippen molar-refractivity contribution in [2.75, 3.05) is 6.61 Å². The first kappa shape index (κ1) is 19.5. The Balaban J connectivity index is 1.43. The number of imidazole rings is 1. The van der Waals surface area contributed by atoms with Gasteiger partial charge in [0.25, 0.3) is 0 Å². The second-order valence-corrected chi connectivity index (χ2v) is 6.79. The summed E-state index contributed by atoms with van der Waals surface area (Å²) in [6.07, 6.45) is 3.34. The van der Waals surface area contributed by atoms with Crippen LogP contribution in [0.15, 0.2) is 91.0 Å². The van der Waals surface area contributed by atoms with E-state index in [0.29, 0.717) is 19.7 Å². The van der Waals surface area contributed by atoms with Gasteiger partial charge in [-0.3, -0.25) is 4.79 Å². The minimum absolute atomic E-state index is 0.155. The summed E-state index contributed by atoms with van der Waals surface area (Å²) in [5.74, 6) is 1.48. The predicted molar refractivity (Wildman–Crippen MR) is 119 cm³/mol. The van der Waals surface area contributed by atoms with Crippen LogP contribution in [0, 0.1) is 0 Å². The van der Waals surface area contributed by atoms with E-state index in [1.807, 2.05) is 84.9 Å². The summed E-state index contributed by atoms with van der Waals surface area (Å²) in [4.78, 5) is 17.0. The molecule has 1 aromatic heterocycles. The Hall–Kier alpha value is -3.86. The Morgan fingerprint density at radius 3 is 2.43 bits per heavy atom. The van der Waals surface area contributed by atoms with Crippen LogP contribution >= 0.6 is 0 Å². The molecule has 150 valence electrons. The van der Waals surface area contributed by atoms with Crippen molar-refractivity contribution >= 4 is 23.0 Å². The highest BCUT2D eigenvalue weighted by molar-refractivity contribution is 5.91. The first-order chi connectivity index (χ1) is 14.8. The minimum atomic E-state index is -0.155. The lowest BCUT2D eigenvalue weighted by Gasteiger charge is -2.11. The highest BCUT2D eigenvalue weighted by atomic mass is 16.5. The van der Waals surface area contributed by atoms with Gasteiger partial charge >= 0.3 is 0 Å². The fraction of sp³-hybridized carbons (Fsp3) is 0.120. The van der Waals surface area contributed by atoms with E-state index in [1.165, 1.54) is 0 Å². The van der Waals surface area contributed by atoms with Gasteiger partial charge in [-0.2, -0.15) is 0 Å². The third-order valence-corrected chi connectivity index (χ3v) is 4.71. The summed E-state index contributed by atoms with van der Waals surface area (Å²) in [5.41, 5.74) is 2.91. The van der Waals surface area contributed by atoms with Crippen molar-refractivity contribution in [1.29, 1.82) is 0 Å². The lowest BCUT2D eigenvalue weighted by molar-refractivity contribution is -0.116. The molecule has 1 heterocycles. The van der Waals surface area contributed by atoms with Crippen LogP contribution in [0.5, 0.6) is 5.75 Å². The number of para-hydroxylation sites is 3. The van der Waals surface area contributed by atoms with Crippen molar-refractivity contribution in [2.45, 2.75) is 13.1 Å². The summed E-state index contributed by atoms with van der Waals surface area (Å²) >= 11 is 0. The van der Waals surface area contributed by atoms with E-state index in [2.05, 4.69) is 9.88 Å². The van der Waals surface area contributed by atoms with Gasteiger partial charge in [0.05, 0.1) is 24.1 Å². The molecule has 0 bridgehead atoms. The maximum Gasteiger partial charge on any atom is 0.244 e. The molecule has 30 heavy (non-hydrogen) atoms. The molecule has 1 amide bonds. The van der Waals surface area contributed by atoms with Crippen molar-refractivity contribution in [3.63, 3.8) is 0 Å². The van der Waals surface area contributed by atoms with E-state index >= 15 is 0 Å². The maximum atomic E-state index is 12.3. The Kier molecular flexibility index (Phi) is 6.20. The number of fused-ring (bicyclic) bond motifs is 1. The highest BCUT2D eigenvalue weighted by Crippen LogP contribution is 2.17. The summed E-state index contributed by atoms with van der Waals surface area (Å²) in [5, 5.41) is 2.93. The molecule has 4 rings (SSSR count). The van der Waals surface area contributed by atoms with E-state index in [9.17, 15) is 4.79 Å². The number of aromatic nitrogens is 2. The fourth-order valence-corrected chi connectivity index (χ4v) is 3.24. The molecule has 0 aliphatic rings. The molecule has 5 nitrogen and oxygen atoms in total. The lowest BCUT2D eigenvalue weighted by atomic mass is 10.2. The highest BCUT2D eigenvalue weighted by Gasteiger charge is 2.11. The average molecular weight is 397 g/mol. The molecule has 0 aliphatic heterocycles. The van der Waals surface area contributed by atoms with E-state index < -0.39 is 0 Å². The Labute approximate surface area is 175 Å². The molecule has 0 aliphatic carbocycles. The first-order valence-corrected chi connectivity index (χ1v) is 9.92. The van der Waals surface area contributed by atoms with Gasteiger partial charge in [-0.1, -0.05) is 60.7 Å². The molecule has 0 unspecified atom stereocenters. The molecule has 0 fully saturated rings. The lowest BCUT2D eigenvalue weighted by Crippen LogP contribution is -2.23. The average Bonchev–Trinajstić information content (AvgIpc) is 3.15. The van der Waals surface area contributed by atoms with Gasteiger partial charge < -0.3 is 14.6 Å². The molecule has 0 atom stereocenters. The van der Waals surface area contributed by atoms with Crippen molar-refractivity contribution in [3.8, 4) is 5.75 Å². The number of benzene rings is 3. The molecule has 0 radical (unpaired) electrons. The van der Waals surface area contributed by atoms with E-state index in [4.69, 9.17) is 9.72 Å². The maximum absolute atomic E-state index is 12.3. The Bertz CT molecular complexity index is 1140. The minimum Gasteiger partial charge on any atom is -0.492 e. The summed E-state index contributed by atoms with van der Waals surface area (Å²) in [7, 11) is 0. The molecular formula is C25H23N3O2. The van der Waals surface area contributed by atoms with Crippen LogP contribution in [0.2, 0.25) is 0 Å². The van der Waals surface area contributed by atoms with Crippen LogP contribution in [0.3, 0.4) is 0 Å². The predicted octanol–water partition coefficient (Wildman–Crippen LogP) is 4.44. The van der Waals surface area contributed by atoms with Crippen LogP contribution in [-0.4, -0.2) is 22.1 Å². The van der Waals surface area contributed by atoms with Gasteiger partial charge in [-0.25, -0.2) is 4.98 Å². The van der Waals surface area contributed by atoms with Crippen LogP contribution < -0.4 is 10.1 Å². The summed E-state index contributed by atoms with van der Waals surface area (Å²) < 4.78 is 7.95. The number of carbonyl (C=O) groups is 1. The van der Waals surface area contributed by atoms with Crippen LogP contribution in [0.25, 0.3) is 17.1 Å². The Morgan fingerprint density at radius 1 is 0.933 bits per heavy atom. The smallest absolute Gasteiger partial charge is 0.244 e. The molecule has 0 saturated heterocycles. The standard InChI is InChI=1S/C25H23N3O2/c29-25(16-15-20-9-3-1-4-10-20)26-19-24-27-22-13-7-8-14-23(22)28(24)17-18-30-21-11-5-2-6-12-21/h1-16H,17-19H2,(H,26,29)/b16-15-. The monoisotopic (exact) mass is 397 g/mol. The van der Waals surface area contributed by atoms with Gasteiger partial charge in [0.1, 0.15) is 18.2 Å². The number of amides is 1.